The predicted octanol–water partition coefficient (Wildman–Crippen LogP) is 3.13. The molecule has 1 aromatic carbocycles. The van der Waals surface area contributed by atoms with Gasteiger partial charge in [-0.3, -0.25) is 4.79 Å². The average Bonchev–Trinajstić information content (AvgIpc) is 2.17. The molecular weight excluding hydrogens is 291 g/mol. The molecular formula is C11H10BrClN2O. The Bertz CT molecular complexity index is 442. The highest BCUT2D eigenvalue weighted by atomic mass is 79.9. The summed E-state index contributed by atoms with van der Waals surface area (Å²) in [5, 5.41) is 11.8. The Morgan fingerprint density at radius 1 is 1.69 bits per heavy atom. The van der Waals surface area contributed by atoms with Crippen LogP contribution < -0.4 is 5.32 Å². The van der Waals surface area contributed by atoms with E-state index in [9.17, 15) is 4.79 Å². The van der Waals surface area contributed by atoms with E-state index in [2.05, 4.69) is 21.2 Å². The summed E-state index contributed by atoms with van der Waals surface area (Å²) in [5.74, 6) is -0.216. The first-order valence-electron chi connectivity index (χ1n) is 4.67. The Morgan fingerprint density at radius 3 is 2.94 bits per heavy atom. The van der Waals surface area contributed by atoms with Gasteiger partial charge in [-0.05, 0) is 41.1 Å². The molecule has 16 heavy (non-hydrogen) atoms. The number of hydrogen-bond donors (Lipinski definition) is 1. The van der Waals surface area contributed by atoms with Gasteiger partial charge in [0.25, 0.3) is 5.91 Å². The monoisotopic (exact) mass is 300 g/mol. The van der Waals surface area contributed by atoms with Crippen LogP contribution in [-0.4, -0.2) is 11.9 Å². The molecule has 0 aliphatic heterocycles. The van der Waals surface area contributed by atoms with E-state index in [0.29, 0.717) is 15.1 Å². The van der Waals surface area contributed by atoms with Crippen LogP contribution in [0.5, 0.6) is 0 Å². The van der Waals surface area contributed by atoms with Crippen molar-refractivity contribution in [1.82, 2.24) is 5.32 Å². The van der Waals surface area contributed by atoms with E-state index >= 15 is 0 Å². The number of carbonyl (C=O) groups excluding carboxylic acids is 1. The second kappa shape index (κ2) is 5.88. The molecule has 1 rings (SSSR count). The maximum atomic E-state index is 11.8. The molecule has 3 nitrogen and oxygen atoms in total. The predicted molar refractivity (Wildman–Crippen MR) is 66.3 cm³/mol. The van der Waals surface area contributed by atoms with Crippen LogP contribution in [0.1, 0.15) is 23.7 Å². The number of nitrogens with one attached hydrogen (secondary N) is 1. The van der Waals surface area contributed by atoms with E-state index in [1.807, 2.05) is 6.07 Å². The van der Waals surface area contributed by atoms with E-state index in [1.165, 1.54) is 0 Å². The minimum atomic E-state index is -0.216. The molecule has 0 aliphatic carbocycles. The zero-order chi connectivity index (χ0) is 12.1. The lowest BCUT2D eigenvalue weighted by Crippen LogP contribution is -2.32. The third-order valence-corrected chi connectivity index (χ3v) is 2.84. The summed E-state index contributed by atoms with van der Waals surface area (Å²) in [7, 11) is 0. The number of halogens is 2. The summed E-state index contributed by atoms with van der Waals surface area (Å²) < 4.78 is 0.640. The van der Waals surface area contributed by atoms with Gasteiger partial charge in [-0.25, -0.2) is 0 Å². The number of rotatable bonds is 3. The van der Waals surface area contributed by atoms with E-state index in [1.54, 1.807) is 25.1 Å². The van der Waals surface area contributed by atoms with Crippen molar-refractivity contribution in [2.24, 2.45) is 0 Å². The van der Waals surface area contributed by atoms with Crippen LogP contribution in [0, 0.1) is 11.3 Å². The third-order valence-electron chi connectivity index (χ3n) is 1.95. The van der Waals surface area contributed by atoms with Crippen molar-refractivity contribution in [2.45, 2.75) is 19.4 Å². The molecule has 0 aromatic heterocycles. The molecule has 0 radical (unpaired) electrons. The number of nitriles is 1. The highest BCUT2D eigenvalue weighted by Crippen LogP contribution is 2.21. The molecule has 0 bridgehead atoms. The van der Waals surface area contributed by atoms with Gasteiger partial charge < -0.3 is 5.32 Å². The van der Waals surface area contributed by atoms with Gasteiger partial charge in [-0.2, -0.15) is 5.26 Å². The fourth-order valence-corrected chi connectivity index (χ4v) is 2.03. The van der Waals surface area contributed by atoms with Crippen molar-refractivity contribution in [3.63, 3.8) is 0 Å². The zero-order valence-electron chi connectivity index (χ0n) is 8.63. The minimum absolute atomic E-state index is 0.167. The first-order valence-corrected chi connectivity index (χ1v) is 5.84. The molecule has 1 amide bonds. The molecule has 0 aliphatic rings. The average molecular weight is 302 g/mol. The number of amides is 1. The molecule has 0 heterocycles. The fourth-order valence-electron chi connectivity index (χ4n) is 1.16. The van der Waals surface area contributed by atoms with Crippen LogP contribution in [-0.2, 0) is 0 Å². The maximum absolute atomic E-state index is 11.8. The Kier molecular flexibility index (Phi) is 4.78. The highest BCUT2D eigenvalue weighted by Gasteiger charge is 2.12. The zero-order valence-corrected chi connectivity index (χ0v) is 11.0. The highest BCUT2D eigenvalue weighted by molar-refractivity contribution is 9.10. The Hall–Kier alpha value is -1.05. The first kappa shape index (κ1) is 13.0. The molecule has 84 valence electrons. The van der Waals surface area contributed by atoms with Crippen LogP contribution in [0.3, 0.4) is 0 Å². The van der Waals surface area contributed by atoms with Crippen molar-refractivity contribution in [3.05, 3.63) is 33.3 Å². The third kappa shape index (κ3) is 3.51. The quantitative estimate of drug-likeness (QED) is 0.932. The summed E-state index contributed by atoms with van der Waals surface area (Å²) in [5.41, 5.74) is 0.509. The molecule has 5 heteroatoms. The summed E-state index contributed by atoms with van der Waals surface area (Å²) in [4.78, 5) is 11.8. The van der Waals surface area contributed by atoms with Crippen LogP contribution in [0.2, 0.25) is 5.02 Å². The van der Waals surface area contributed by atoms with Gasteiger partial charge in [0.1, 0.15) is 0 Å². The van der Waals surface area contributed by atoms with Crippen molar-refractivity contribution in [1.29, 1.82) is 5.26 Å². The largest absolute Gasteiger partial charge is 0.349 e. The van der Waals surface area contributed by atoms with Crippen molar-refractivity contribution in [2.75, 3.05) is 0 Å². The van der Waals surface area contributed by atoms with Crippen LogP contribution in [0.25, 0.3) is 0 Å². The van der Waals surface area contributed by atoms with Crippen molar-refractivity contribution >= 4 is 33.4 Å². The van der Waals surface area contributed by atoms with Gasteiger partial charge in [0.15, 0.2) is 0 Å². The molecule has 0 saturated heterocycles. The van der Waals surface area contributed by atoms with Crippen LogP contribution in [0.15, 0.2) is 22.7 Å². The normalized spacial score (nSPS) is 11.6. The second-order valence-corrected chi connectivity index (χ2v) is 4.65. The van der Waals surface area contributed by atoms with Gasteiger partial charge in [-0.15, -0.1) is 0 Å². The van der Waals surface area contributed by atoms with E-state index in [-0.39, 0.29) is 18.4 Å². The Balaban J connectivity index is 2.78. The van der Waals surface area contributed by atoms with Gasteiger partial charge in [0.05, 0.1) is 18.1 Å². The van der Waals surface area contributed by atoms with E-state index < -0.39 is 0 Å². The maximum Gasteiger partial charge on any atom is 0.252 e. The lowest BCUT2D eigenvalue weighted by Gasteiger charge is -2.11. The van der Waals surface area contributed by atoms with Gasteiger partial charge in [0.2, 0.25) is 0 Å². The van der Waals surface area contributed by atoms with Crippen molar-refractivity contribution in [3.8, 4) is 6.07 Å². The van der Waals surface area contributed by atoms with Gasteiger partial charge in [-0.1, -0.05) is 11.6 Å². The van der Waals surface area contributed by atoms with Crippen LogP contribution >= 0.6 is 27.5 Å². The van der Waals surface area contributed by atoms with Gasteiger partial charge >= 0.3 is 0 Å². The smallest absolute Gasteiger partial charge is 0.252 e. The summed E-state index contributed by atoms with van der Waals surface area (Å²) >= 11 is 9.04. The molecule has 1 N–H and O–H groups in total. The number of carbonyl (C=O) groups is 1. The van der Waals surface area contributed by atoms with E-state index in [0.717, 1.165) is 0 Å². The number of nitrogens with zero attached hydrogens (tertiary/aromatic N) is 1. The molecule has 1 atom stereocenters. The summed E-state index contributed by atoms with van der Waals surface area (Å²) in [6.45, 7) is 1.78. The minimum Gasteiger partial charge on any atom is -0.349 e. The fraction of sp³-hybridized carbons (Fsp3) is 0.273. The molecule has 0 saturated carbocycles. The Morgan fingerprint density at radius 2 is 2.38 bits per heavy atom. The Labute approximate surface area is 108 Å². The molecule has 0 spiro atoms. The topological polar surface area (TPSA) is 52.9 Å². The number of benzene rings is 1. The lowest BCUT2D eigenvalue weighted by atomic mass is 10.2. The second-order valence-electron chi connectivity index (χ2n) is 3.36. The van der Waals surface area contributed by atoms with Crippen molar-refractivity contribution < 1.29 is 4.79 Å². The van der Waals surface area contributed by atoms with E-state index in [4.69, 9.17) is 16.9 Å². The van der Waals surface area contributed by atoms with Gasteiger partial charge in [0, 0.05) is 15.5 Å². The molecule has 1 aromatic rings. The number of hydrogen-bond acceptors (Lipinski definition) is 2. The standard InChI is InChI=1S/C11H10BrClN2O/c1-7(4-5-14)15-11(16)9-3-2-8(13)6-10(9)12/h2-3,6-7H,4H2,1H3,(H,15,16). The summed E-state index contributed by atoms with van der Waals surface area (Å²) in [6, 6.07) is 6.78. The first-order chi connectivity index (χ1) is 7.54. The summed E-state index contributed by atoms with van der Waals surface area (Å²) in [6.07, 6.45) is 0.289. The van der Waals surface area contributed by atoms with Crippen LogP contribution in [0.4, 0.5) is 0 Å². The molecule has 1 unspecified atom stereocenters. The lowest BCUT2D eigenvalue weighted by molar-refractivity contribution is 0.0940. The molecule has 0 fully saturated rings. The SMILES string of the molecule is CC(CC#N)NC(=O)c1ccc(Cl)cc1Br.